The summed E-state index contributed by atoms with van der Waals surface area (Å²) in [5.41, 5.74) is 1.09. The lowest BCUT2D eigenvalue weighted by Crippen LogP contribution is -2.39. The molecule has 0 aromatic heterocycles. The van der Waals surface area contributed by atoms with E-state index in [0.717, 1.165) is 17.3 Å². The van der Waals surface area contributed by atoms with Gasteiger partial charge < -0.3 is 5.32 Å². The van der Waals surface area contributed by atoms with Gasteiger partial charge in [-0.05, 0) is 67.3 Å². The van der Waals surface area contributed by atoms with E-state index >= 15 is 0 Å². The van der Waals surface area contributed by atoms with Gasteiger partial charge in [0.05, 0.1) is 4.90 Å². The Morgan fingerprint density at radius 1 is 1.12 bits per heavy atom. The van der Waals surface area contributed by atoms with Crippen LogP contribution >= 0.6 is 15.9 Å². The van der Waals surface area contributed by atoms with Crippen LogP contribution in [0, 0.1) is 5.92 Å². The number of nitrogens with one attached hydrogen (secondary N) is 1. The first kappa shape index (κ1) is 19.1. The minimum atomic E-state index is -3.48. The number of sulfonamides is 1. The minimum Gasteiger partial charge on any atom is -0.322 e. The number of amides is 1. The number of carbonyl (C=O) groups is 1. The summed E-state index contributed by atoms with van der Waals surface area (Å²) in [6, 6.07) is 13.4. The monoisotopic (exact) mass is 436 g/mol. The highest BCUT2D eigenvalue weighted by atomic mass is 79.9. The molecule has 1 heterocycles. The molecule has 3 rings (SSSR count). The number of benzene rings is 2. The van der Waals surface area contributed by atoms with Crippen LogP contribution in [0.4, 0.5) is 5.69 Å². The molecule has 2 aromatic carbocycles. The SMILES string of the molecule is CC1CCCN(S(=O)(=O)c2ccc(NC(=O)c3ccc(Br)cc3)cc2)C1. The smallest absolute Gasteiger partial charge is 0.255 e. The fourth-order valence-corrected chi connectivity index (χ4v) is 4.89. The maximum atomic E-state index is 12.8. The molecule has 1 aliphatic heterocycles. The molecule has 5 nitrogen and oxygen atoms in total. The highest BCUT2D eigenvalue weighted by Crippen LogP contribution is 2.24. The molecule has 1 amide bonds. The predicted octanol–water partition coefficient (Wildman–Crippen LogP) is 4.12. The van der Waals surface area contributed by atoms with Crippen molar-refractivity contribution in [3.8, 4) is 0 Å². The van der Waals surface area contributed by atoms with Crippen LogP contribution in [-0.2, 0) is 10.0 Å². The van der Waals surface area contributed by atoms with Crippen molar-refractivity contribution in [2.75, 3.05) is 18.4 Å². The predicted molar refractivity (Wildman–Crippen MR) is 106 cm³/mol. The highest BCUT2D eigenvalue weighted by Gasteiger charge is 2.28. The van der Waals surface area contributed by atoms with Crippen molar-refractivity contribution in [3.05, 3.63) is 58.6 Å². The molecule has 0 radical (unpaired) electrons. The van der Waals surface area contributed by atoms with Gasteiger partial charge in [-0.3, -0.25) is 4.79 Å². The van der Waals surface area contributed by atoms with Gasteiger partial charge in [0, 0.05) is 28.8 Å². The molecule has 1 fully saturated rings. The van der Waals surface area contributed by atoms with E-state index in [1.807, 2.05) is 0 Å². The summed E-state index contributed by atoms with van der Waals surface area (Å²) < 4.78 is 28.0. The van der Waals surface area contributed by atoms with Crippen molar-refractivity contribution in [2.24, 2.45) is 5.92 Å². The number of carbonyl (C=O) groups excluding carboxylic acids is 1. The fraction of sp³-hybridized carbons (Fsp3) is 0.316. The van der Waals surface area contributed by atoms with E-state index in [1.165, 1.54) is 0 Å². The van der Waals surface area contributed by atoms with Gasteiger partial charge in [-0.25, -0.2) is 8.42 Å². The lowest BCUT2D eigenvalue weighted by Gasteiger charge is -2.30. The zero-order valence-corrected chi connectivity index (χ0v) is 16.9. The Labute approximate surface area is 162 Å². The van der Waals surface area contributed by atoms with Gasteiger partial charge in [0.1, 0.15) is 0 Å². The van der Waals surface area contributed by atoms with Crippen molar-refractivity contribution in [3.63, 3.8) is 0 Å². The lowest BCUT2D eigenvalue weighted by atomic mass is 10.0. The Balaban J connectivity index is 1.71. The summed E-state index contributed by atoms with van der Waals surface area (Å²) in [6.45, 7) is 3.20. The molecule has 0 saturated carbocycles. The van der Waals surface area contributed by atoms with Gasteiger partial charge in [-0.15, -0.1) is 0 Å². The van der Waals surface area contributed by atoms with E-state index in [2.05, 4.69) is 28.2 Å². The third-order valence-electron chi connectivity index (χ3n) is 4.48. The fourth-order valence-electron chi connectivity index (χ4n) is 3.03. The summed E-state index contributed by atoms with van der Waals surface area (Å²) in [5, 5.41) is 2.78. The van der Waals surface area contributed by atoms with Gasteiger partial charge >= 0.3 is 0 Å². The molecule has 1 N–H and O–H groups in total. The Kier molecular flexibility index (Phi) is 5.79. The second-order valence-electron chi connectivity index (χ2n) is 6.60. The van der Waals surface area contributed by atoms with Crippen LogP contribution in [0.3, 0.4) is 0 Å². The number of nitrogens with zero attached hydrogens (tertiary/aromatic N) is 1. The van der Waals surface area contributed by atoms with E-state index in [-0.39, 0.29) is 10.8 Å². The largest absolute Gasteiger partial charge is 0.322 e. The van der Waals surface area contributed by atoms with E-state index in [1.54, 1.807) is 52.8 Å². The van der Waals surface area contributed by atoms with Gasteiger partial charge in [0.25, 0.3) is 5.91 Å². The first-order chi connectivity index (χ1) is 12.4. The third-order valence-corrected chi connectivity index (χ3v) is 6.88. The van der Waals surface area contributed by atoms with Crippen molar-refractivity contribution >= 4 is 37.5 Å². The molecule has 1 unspecified atom stereocenters. The number of hydrogen-bond acceptors (Lipinski definition) is 3. The molecule has 0 spiro atoms. The first-order valence-corrected chi connectivity index (χ1v) is 10.8. The van der Waals surface area contributed by atoms with E-state index in [9.17, 15) is 13.2 Å². The Morgan fingerprint density at radius 3 is 2.38 bits per heavy atom. The maximum absolute atomic E-state index is 12.8. The van der Waals surface area contributed by atoms with Gasteiger partial charge in [0.2, 0.25) is 10.0 Å². The zero-order chi connectivity index (χ0) is 18.7. The minimum absolute atomic E-state index is 0.238. The van der Waals surface area contributed by atoms with Crippen LogP contribution in [0.2, 0.25) is 0 Å². The Hall–Kier alpha value is -1.70. The number of hydrogen-bond donors (Lipinski definition) is 1. The number of piperidine rings is 1. The lowest BCUT2D eigenvalue weighted by molar-refractivity contribution is 0.102. The van der Waals surface area contributed by atoms with E-state index in [4.69, 9.17) is 0 Å². The van der Waals surface area contributed by atoms with Gasteiger partial charge in [-0.1, -0.05) is 22.9 Å². The molecule has 1 atom stereocenters. The molecule has 1 saturated heterocycles. The second-order valence-corrected chi connectivity index (χ2v) is 9.45. The van der Waals surface area contributed by atoms with E-state index in [0.29, 0.717) is 30.3 Å². The quantitative estimate of drug-likeness (QED) is 0.783. The van der Waals surface area contributed by atoms with Crippen LogP contribution < -0.4 is 5.32 Å². The van der Waals surface area contributed by atoms with Crippen LogP contribution in [0.15, 0.2) is 57.9 Å². The molecular formula is C19H21BrN2O3S. The molecule has 0 bridgehead atoms. The summed E-state index contributed by atoms with van der Waals surface area (Å²) in [7, 11) is -3.48. The van der Waals surface area contributed by atoms with Crippen LogP contribution in [0.5, 0.6) is 0 Å². The normalized spacial score (nSPS) is 18.5. The summed E-state index contributed by atoms with van der Waals surface area (Å²) in [4.78, 5) is 12.5. The standard InChI is InChI=1S/C19H21BrN2O3S/c1-14-3-2-12-22(13-14)26(24,25)18-10-8-17(9-11-18)21-19(23)15-4-6-16(20)7-5-15/h4-11,14H,2-3,12-13H2,1H3,(H,21,23). The van der Waals surface area contributed by atoms with Gasteiger partial charge in [-0.2, -0.15) is 4.31 Å². The maximum Gasteiger partial charge on any atom is 0.255 e. The third kappa shape index (κ3) is 4.34. The molecule has 2 aromatic rings. The summed E-state index contributed by atoms with van der Waals surface area (Å²) in [6.07, 6.45) is 1.95. The summed E-state index contributed by atoms with van der Waals surface area (Å²) >= 11 is 3.33. The average molecular weight is 437 g/mol. The Morgan fingerprint density at radius 2 is 1.77 bits per heavy atom. The van der Waals surface area contributed by atoms with Crippen molar-refractivity contribution in [1.82, 2.24) is 4.31 Å². The highest BCUT2D eigenvalue weighted by molar-refractivity contribution is 9.10. The average Bonchev–Trinajstić information content (AvgIpc) is 2.62. The summed E-state index contributed by atoms with van der Waals surface area (Å²) in [5.74, 6) is 0.140. The van der Waals surface area contributed by atoms with E-state index < -0.39 is 10.0 Å². The number of halogens is 1. The zero-order valence-electron chi connectivity index (χ0n) is 14.5. The molecule has 1 aliphatic rings. The second kappa shape index (κ2) is 7.90. The molecule has 7 heteroatoms. The first-order valence-electron chi connectivity index (χ1n) is 8.53. The number of anilines is 1. The molecule has 138 valence electrons. The van der Waals surface area contributed by atoms with Crippen LogP contribution in [-0.4, -0.2) is 31.7 Å². The molecule has 0 aliphatic carbocycles. The Bertz CT molecular complexity index is 880. The van der Waals surface area contributed by atoms with Crippen molar-refractivity contribution < 1.29 is 13.2 Å². The number of rotatable bonds is 4. The topological polar surface area (TPSA) is 66.5 Å². The van der Waals surface area contributed by atoms with Crippen molar-refractivity contribution in [1.29, 1.82) is 0 Å². The molecule has 26 heavy (non-hydrogen) atoms. The van der Waals surface area contributed by atoms with Crippen LogP contribution in [0.1, 0.15) is 30.1 Å². The van der Waals surface area contributed by atoms with Gasteiger partial charge in [0.15, 0.2) is 0 Å². The molecular weight excluding hydrogens is 416 g/mol. The van der Waals surface area contributed by atoms with Crippen LogP contribution in [0.25, 0.3) is 0 Å². The van der Waals surface area contributed by atoms with Crippen molar-refractivity contribution in [2.45, 2.75) is 24.7 Å².